The SMILES string of the molecule is OCC1NCCC=C1c1cc(F)c(F)c(F)c1. The summed E-state index contributed by atoms with van der Waals surface area (Å²) in [6.07, 6.45) is 2.50. The number of halogens is 3. The van der Waals surface area contributed by atoms with Gasteiger partial charge in [-0.05, 0) is 36.2 Å². The van der Waals surface area contributed by atoms with Crippen LogP contribution in [0.3, 0.4) is 0 Å². The minimum Gasteiger partial charge on any atom is -0.394 e. The Kier molecular flexibility index (Phi) is 3.49. The topological polar surface area (TPSA) is 32.3 Å². The molecule has 0 amide bonds. The third-order valence-electron chi connectivity index (χ3n) is 2.77. The molecule has 1 atom stereocenters. The number of rotatable bonds is 2. The van der Waals surface area contributed by atoms with Crippen LogP contribution < -0.4 is 5.32 Å². The lowest BCUT2D eigenvalue weighted by molar-refractivity contribution is 0.266. The standard InChI is InChI=1S/C12H12F3NO/c13-9-4-7(5-10(14)12(9)15)8-2-1-3-16-11(8)6-17/h2,4-5,11,16-17H,1,3,6H2. The summed E-state index contributed by atoms with van der Waals surface area (Å²) in [7, 11) is 0. The van der Waals surface area contributed by atoms with Crippen LogP contribution in [0, 0.1) is 17.5 Å². The average Bonchev–Trinajstić information content (AvgIpc) is 2.35. The molecule has 0 spiro atoms. The molecule has 0 saturated heterocycles. The highest BCUT2D eigenvalue weighted by Crippen LogP contribution is 2.25. The lowest BCUT2D eigenvalue weighted by Gasteiger charge is -2.24. The van der Waals surface area contributed by atoms with Gasteiger partial charge in [-0.2, -0.15) is 0 Å². The fraction of sp³-hybridized carbons (Fsp3) is 0.333. The fourth-order valence-corrected chi connectivity index (χ4v) is 1.94. The van der Waals surface area contributed by atoms with Crippen LogP contribution in [0.2, 0.25) is 0 Å². The van der Waals surface area contributed by atoms with Crippen molar-refractivity contribution in [2.24, 2.45) is 0 Å². The number of aliphatic hydroxyl groups excluding tert-OH is 1. The van der Waals surface area contributed by atoms with Crippen molar-refractivity contribution >= 4 is 5.57 Å². The Hall–Kier alpha value is -1.33. The van der Waals surface area contributed by atoms with Crippen molar-refractivity contribution in [1.82, 2.24) is 5.32 Å². The van der Waals surface area contributed by atoms with E-state index < -0.39 is 17.5 Å². The molecular weight excluding hydrogens is 231 g/mol. The van der Waals surface area contributed by atoms with Gasteiger partial charge < -0.3 is 10.4 Å². The normalized spacial score (nSPS) is 20.2. The molecule has 5 heteroatoms. The quantitative estimate of drug-likeness (QED) is 0.777. The van der Waals surface area contributed by atoms with Crippen molar-refractivity contribution in [1.29, 1.82) is 0 Å². The predicted octanol–water partition coefficient (Wildman–Crippen LogP) is 1.84. The van der Waals surface area contributed by atoms with Gasteiger partial charge >= 0.3 is 0 Å². The molecule has 17 heavy (non-hydrogen) atoms. The van der Waals surface area contributed by atoms with Crippen LogP contribution in [0.1, 0.15) is 12.0 Å². The van der Waals surface area contributed by atoms with Crippen LogP contribution in [-0.4, -0.2) is 24.3 Å². The van der Waals surface area contributed by atoms with Crippen LogP contribution in [0.4, 0.5) is 13.2 Å². The van der Waals surface area contributed by atoms with Crippen LogP contribution in [-0.2, 0) is 0 Å². The minimum absolute atomic E-state index is 0.174. The number of aliphatic hydroxyl groups is 1. The Morgan fingerprint density at radius 2 is 1.88 bits per heavy atom. The molecule has 0 aromatic heterocycles. The van der Waals surface area contributed by atoms with Gasteiger partial charge in [0.15, 0.2) is 17.5 Å². The number of nitrogens with one attached hydrogen (secondary N) is 1. The summed E-state index contributed by atoms with van der Waals surface area (Å²) in [6.45, 7) is 0.521. The van der Waals surface area contributed by atoms with Gasteiger partial charge in [0.2, 0.25) is 0 Å². The first-order valence-electron chi connectivity index (χ1n) is 5.32. The Balaban J connectivity index is 2.42. The lowest BCUT2D eigenvalue weighted by atomic mass is 9.95. The van der Waals surface area contributed by atoms with Crippen molar-refractivity contribution < 1.29 is 18.3 Å². The summed E-state index contributed by atoms with van der Waals surface area (Å²) in [5, 5.41) is 12.2. The Morgan fingerprint density at radius 1 is 1.24 bits per heavy atom. The van der Waals surface area contributed by atoms with E-state index in [4.69, 9.17) is 5.11 Å². The zero-order chi connectivity index (χ0) is 12.4. The third kappa shape index (κ3) is 2.35. The fourth-order valence-electron chi connectivity index (χ4n) is 1.94. The molecule has 1 aromatic rings. The zero-order valence-corrected chi connectivity index (χ0v) is 9.01. The van der Waals surface area contributed by atoms with E-state index >= 15 is 0 Å². The summed E-state index contributed by atoms with van der Waals surface area (Å²) < 4.78 is 39.0. The van der Waals surface area contributed by atoms with Crippen LogP contribution in [0.5, 0.6) is 0 Å². The number of hydrogen-bond donors (Lipinski definition) is 2. The largest absolute Gasteiger partial charge is 0.394 e. The predicted molar refractivity (Wildman–Crippen MR) is 57.8 cm³/mol. The second-order valence-corrected chi connectivity index (χ2v) is 3.89. The van der Waals surface area contributed by atoms with Gasteiger partial charge in [-0.25, -0.2) is 13.2 Å². The molecule has 0 aliphatic carbocycles. The van der Waals surface area contributed by atoms with Gasteiger partial charge in [0.1, 0.15) is 0 Å². The van der Waals surface area contributed by atoms with Gasteiger partial charge in [0.05, 0.1) is 12.6 Å². The lowest BCUT2D eigenvalue weighted by Crippen LogP contribution is -2.37. The molecule has 1 aromatic carbocycles. The molecule has 0 bridgehead atoms. The second kappa shape index (κ2) is 4.89. The molecule has 2 rings (SSSR count). The van der Waals surface area contributed by atoms with E-state index in [0.717, 1.165) is 12.1 Å². The molecule has 0 fully saturated rings. The van der Waals surface area contributed by atoms with E-state index in [-0.39, 0.29) is 18.2 Å². The first-order chi connectivity index (χ1) is 8.13. The van der Waals surface area contributed by atoms with E-state index in [1.165, 1.54) is 0 Å². The maximum atomic E-state index is 13.1. The van der Waals surface area contributed by atoms with E-state index in [0.29, 0.717) is 18.5 Å². The molecule has 92 valence electrons. The molecule has 1 aliphatic heterocycles. The molecule has 1 unspecified atom stereocenters. The van der Waals surface area contributed by atoms with Gasteiger partial charge in [0, 0.05) is 0 Å². The average molecular weight is 243 g/mol. The summed E-state index contributed by atoms with van der Waals surface area (Å²) in [5.41, 5.74) is 0.851. The molecule has 1 heterocycles. The molecule has 2 nitrogen and oxygen atoms in total. The summed E-state index contributed by atoms with van der Waals surface area (Å²) >= 11 is 0. The highest BCUT2D eigenvalue weighted by molar-refractivity contribution is 5.70. The van der Waals surface area contributed by atoms with Crippen molar-refractivity contribution in [3.8, 4) is 0 Å². The van der Waals surface area contributed by atoms with E-state index in [1.807, 2.05) is 0 Å². The smallest absolute Gasteiger partial charge is 0.194 e. The molecule has 2 N–H and O–H groups in total. The van der Waals surface area contributed by atoms with Crippen molar-refractivity contribution in [2.45, 2.75) is 12.5 Å². The Bertz CT molecular complexity index is 436. The summed E-state index contributed by atoms with van der Waals surface area (Å²) in [4.78, 5) is 0. The summed E-state index contributed by atoms with van der Waals surface area (Å²) in [6, 6.07) is 1.52. The van der Waals surface area contributed by atoms with Crippen molar-refractivity contribution in [3.63, 3.8) is 0 Å². The van der Waals surface area contributed by atoms with Gasteiger partial charge in [-0.3, -0.25) is 0 Å². The maximum Gasteiger partial charge on any atom is 0.194 e. The summed E-state index contributed by atoms with van der Waals surface area (Å²) in [5.74, 6) is -3.91. The monoisotopic (exact) mass is 243 g/mol. The van der Waals surface area contributed by atoms with E-state index in [9.17, 15) is 13.2 Å². The first kappa shape index (κ1) is 12.1. The Morgan fingerprint density at radius 3 is 2.47 bits per heavy atom. The maximum absolute atomic E-state index is 13.1. The van der Waals surface area contributed by atoms with Crippen molar-refractivity contribution in [3.05, 3.63) is 41.2 Å². The van der Waals surface area contributed by atoms with E-state index in [2.05, 4.69) is 5.32 Å². The van der Waals surface area contributed by atoms with Gasteiger partial charge in [0.25, 0.3) is 0 Å². The zero-order valence-electron chi connectivity index (χ0n) is 9.01. The minimum atomic E-state index is -1.47. The highest BCUT2D eigenvalue weighted by atomic mass is 19.2. The molecule has 0 radical (unpaired) electrons. The van der Waals surface area contributed by atoms with E-state index in [1.54, 1.807) is 6.08 Å². The molecular formula is C12H12F3NO. The van der Waals surface area contributed by atoms with Crippen LogP contribution in [0.25, 0.3) is 5.57 Å². The highest BCUT2D eigenvalue weighted by Gasteiger charge is 2.20. The molecule has 0 saturated carbocycles. The second-order valence-electron chi connectivity index (χ2n) is 3.89. The van der Waals surface area contributed by atoms with Crippen molar-refractivity contribution in [2.75, 3.05) is 13.2 Å². The number of hydrogen-bond acceptors (Lipinski definition) is 2. The Labute approximate surface area is 96.8 Å². The van der Waals surface area contributed by atoms with Gasteiger partial charge in [-0.15, -0.1) is 0 Å². The van der Waals surface area contributed by atoms with Crippen LogP contribution in [0.15, 0.2) is 18.2 Å². The van der Waals surface area contributed by atoms with Gasteiger partial charge in [-0.1, -0.05) is 6.08 Å². The third-order valence-corrected chi connectivity index (χ3v) is 2.77. The first-order valence-corrected chi connectivity index (χ1v) is 5.32. The number of benzene rings is 1. The van der Waals surface area contributed by atoms with Crippen LogP contribution >= 0.6 is 0 Å². The molecule has 1 aliphatic rings.